The van der Waals surface area contributed by atoms with Crippen molar-refractivity contribution in [3.05, 3.63) is 36.5 Å². The third kappa shape index (κ3) is 6.39. The van der Waals surface area contributed by atoms with Crippen molar-refractivity contribution in [2.45, 2.75) is 44.9 Å². The summed E-state index contributed by atoms with van der Waals surface area (Å²) in [5.74, 6) is 0. The molecule has 0 saturated carbocycles. The first-order valence-electron chi connectivity index (χ1n) is 5.38. The summed E-state index contributed by atoms with van der Waals surface area (Å²) in [5.41, 5.74) is 0. The summed E-state index contributed by atoms with van der Waals surface area (Å²) in [5, 5.41) is 0. The molecular formula is C13H19. The number of rotatable bonds is 0. The first kappa shape index (κ1) is 10.3. The van der Waals surface area contributed by atoms with Crippen LogP contribution in [0, 0.1) is 6.08 Å². The van der Waals surface area contributed by atoms with Crippen LogP contribution in [0.25, 0.3) is 0 Å². The van der Waals surface area contributed by atoms with E-state index >= 15 is 0 Å². The average Bonchev–Trinajstić information content (AvgIpc) is 2.18. The van der Waals surface area contributed by atoms with Gasteiger partial charge in [0.05, 0.1) is 0 Å². The average molecular weight is 175 g/mol. The molecule has 0 N–H and O–H groups in total. The molecule has 0 fully saturated rings. The molecule has 0 aliphatic heterocycles. The Morgan fingerprint density at radius 1 is 0.769 bits per heavy atom. The van der Waals surface area contributed by atoms with E-state index in [0.29, 0.717) is 0 Å². The Bertz CT molecular complexity index is 184. The van der Waals surface area contributed by atoms with Crippen molar-refractivity contribution in [3.63, 3.8) is 0 Å². The van der Waals surface area contributed by atoms with E-state index in [0.717, 1.165) is 6.42 Å². The van der Waals surface area contributed by atoms with Crippen molar-refractivity contribution >= 4 is 0 Å². The van der Waals surface area contributed by atoms with Crippen LogP contribution in [-0.4, -0.2) is 0 Å². The highest BCUT2D eigenvalue weighted by Crippen LogP contribution is 2.07. The molecule has 0 atom stereocenters. The van der Waals surface area contributed by atoms with E-state index in [-0.39, 0.29) is 0 Å². The Morgan fingerprint density at radius 3 is 2.54 bits per heavy atom. The molecule has 1 aliphatic carbocycles. The lowest BCUT2D eigenvalue weighted by atomic mass is 10.1. The van der Waals surface area contributed by atoms with Gasteiger partial charge in [-0.1, -0.05) is 43.2 Å². The molecule has 1 rings (SSSR count). The minimum atomic E-state index is 1.06. The standard InChI is InChI=1S/C13H19/c1-2-4-6-8-10-12-13-11-9-7-5-3-1/h1-2,5,7,11H,3-4,6,8,10,12-13H2/b2-1+,7-5+,11-9?. The second-order valence-corrected chi connectivity index (χ2v) is 3.47. The fourth-order valence-corrected chi connectivity index (χ4v) is 1.44. The van der Waals surface area contributed by atoms with Gasteiger partial charge in [0.2, 0.25) is 0 Å². The molecular weight excluding hydrogens is 156 g/mol. The van der Waals surface area contributed by atoms with Crippen molar-refractivity contribution < 1.29 is 0 Å². The lowest BCUT2D eigenvalue weighted by molar-refractivity contribution is 0.652. The zero-order valence-electron chi connectivity index (χ0n) is 8.34. The SMILES string of the molecule is [C]1=C/CCCCCC/C=C/C/C=C/1. The van der Waals surface area contributed by atoms with Crippen LogP contribution in [-0.2, 0) is 0 Å². The van der Waals surface area contributed by atoms with Gasteiger partial charge in [0.25, 0.3) is 0 Å². The third-order valence-corrected chi connectivity index (χ3v) is 2.24. The molecule has 1 radical (unpaired) electrons. The number of allylic oxidation sites excluding steroid dienone is 6. The number of hydrogen-bond donors (Lipinski definition) is 0. The molecule has 0 aromatic carbocycles. The van der Waals surface area contributed by atoms with Gasteiger partial charge in [-0.2, -0.15) is 0 Å². The van der Waals surface area contributed by atoms with E-state index in [1.807, 2.05) is 6.08 Å². The molecule has 0 saturated heterocycles. The summed E-state index contributed by atoms with van der Waals surface area (Å²) >= 11 is 0. The van der Waals surface area contributed by atoms with Gasteiger partial charge < -0.3 is 0 Å². The highest BCUT2D eigenvalue weighted by molar-refractivity contribution is 4.99. The van der Waals surface area contributed by atoms with Crippen LogP contribution in [0.1, 0.15) is 44.9 Å². The molecule has 13 heavy (non-hydrogen) atoms. The maximum absolute atomic E-state index is 3.18. The van der Waals surface area contributed by atoms with Crippen molar-refractivity contribution in [3.8, 4) is 0 Å². The van der Waals surface area contributed by atoms with Crippen molar-refractivity contribution in [1.29, 1.82) is 0 Å². The van der Waals surface area contributed by atoms with Gasteiger partial charge in [-0.3, -0.25) is 0 Å². The fraction of sp³-hybridized carbons (Fsp3) is 0.538. The lowest BCUT2D eigenvalue weighted by Gasteiger charge is -1.95. The van der Waals surface area contributed by atoms with Crippen molar-refractivity contribution in [2.24, 2.45) is 0 Å². The largest absolute Gasteiger partial charge is 0.0882 e. The predicted molar refractivity (Wildman–Crippen MR) is 58.4 cm³/mol. The molecule has 0 heterocycles. The summed E-state index contributed by atoms with van der Waals surface area (Å²) in [6, 6.07) is 0. The zero-order valence-corrected chi connectivity index (χ0v) is 8.34. The van der Waals surface area contributed by atoms with E-state index < -0.39 is 0 Å². The van der Waals surface area contributed by atoms with Crippen LogP contribution in [0.2, 0.25) is 0 Å². The van der Waals surface area contributed by atoms with Crippen LogP contribution in [0.15, 0.2) is 30.4 Å². The predicted octanol–water partition coefficient (Wildman–Crippen LogP) is 4.20. The van der Waals surface area contributed by atoms with Gasteiger partial charge >= 0.3 is 0 Å². The minimum Gasteiger partial charge on any atom is -0.0882 e. The van der Waals surface area contributed by atoms with E-state index in [1.165, 1.54) is 38.5 Å². The first-order chi connectivity index (χ1) is 6.50. The molecule has 1 aliphatic rings. The lowest BCUT2D eigenvalue weighted by Crippen LogP contribution is -1.76. The maximum Gasteiger partial charge on any atom is -0.0166 e. The van der Waals surface area contributed by atoms with Gasteiger partial charge in [0, 0.05) is 0 Å². The number of hydrogen-bond acceptors (Lipinski definition) is 0. The molecule has 0 amide bonds. The Balaban J connectivity index is 2.29. The maximum atomic E-state index is 3.18. The van der Waals surface area contributed by atoms with E-state index in [9.17, 15) is 0 Å². The van der Waals surface area contributed by atoms with Crippen LogP contribution in [0.4, 0.5) is 0 Å². The van der Waals surface area contributed by atoms with Crippen LogP contribution in [0.3, 0.4) is 0 Å². The Hall–Kier alpha value is -0.780. The fourth-order valence-electron chi connectivity index (χ4n) is 1.44. The summed E-state index contributed by atoms with van der Waals surface area (Å²) in [7, 11) is 0. The van der Waals surface area contributed by atoms with E-state index in [1.54, 1.807) is 0 Å². The van der Waals surface area contributed by atoms with Gasteiger partial charge in [0.1, 0.15) is 0 Å². The van der Waals surface area contributed by atoms with Crippen molar-refractivity contribution in [1.82, 2.24) is 0 Å². The first-order valence-corrected chi connectivity index (χ1v) is 5.38. The molecule has 0 aromatic rings. The monoisotopic (exact) mass is 175 g/mol. The molecule has 71 valence electrons. The van der Waals surface area contributed by atoms with Crippen LogP contribution < -0.4 is 0 Å². The summed E-state index contributed by atoms with van der Waals surface area (Å²) < 4.78 is 0. The smallest absolute Gasteiger partial charge is 0.0166 e. The Labute approximate surface area is 82.0 Å². The molecule has 0 bridgehead atoms. The highest BCUT2D eigenvalue weighted by atomic mass is 13.9. The topological polar surface area (TPSA) is 0 Å². The van der Waals surface area contributed by atoms with Crippen LogP contribution >= 0.6 is 0 Å². The summed E-state index contributed by atoms with van der Waals surface area (Å²) in [4.78, 5) is 0. The summed E-state index contributed by atoms with van der Waals surface area (Å²) in [6.45, 7) is 0. The molecule has 0 spiro atoms. The zero-order chi connectivity index (χ0) is 9.19. The van der Waals surface area contributed by atoms with Gasteiger partial charge in [0.15, 0.2) is 0 Å². The normalized spacial score (nSPS) is 27.7. The van der Waals surface area contributed by atoms with E-state index in [4.69, 9.17) is 0 Å². The second kappa shape index (κ2) is 7.85. The minimum absolute atomic E-state index is 1.06. The second-order valence-electron chi connectivity index (χ2n) is 3.47. The van der Waals surface area contributed by atoms with Crippen LogP contribution in [0.5, 0.6) is 0 Å². The Kier molecular flexibility index (Phi) is 6.22. The van der Waals surface area contributed by atoms with Gasteiger partial charge in [-0.15, -0.1) is 0 Å². The molecule has 0 aromatic heterocycles. The van der Waals surface area contributed by atoms with Gasteiger partial charge in [-0.05, 0) is 38.2 Å². The summed E-state index contributed by atoms with van der Waals surface area (Å²) in [6.07, 6.45) is 23.0. The highest BCUT2D eigenvalue weighted by Gasteiger charge is 1.87. The molecule has 0 unspecified atom stereocenters. The third-order valence-electron chi connectivity index (χ3n) is 2.24. The van der Waals surface area contributed by atoms with Crippen molar-refractivity contribution in [2.75, 3.05) is 0 Å². The molecule has 0 heteroatoms. The quantitative estimate of drug-likeness (QED) is 0.484. The van der Waals surface area contributed by atoms with E-state index in [2.05, 4.69) is 30.4 Å². The molecule has 0 nitrogen and oxygen atoms in total. The Morgan fingerprint density at radius 2 is 1.62 bits per heavy atom. The van der Waals surface area contributed by atoms with Gasteiger partial charge in [-0.25, -0.2) is 0 Å².